The van der Waals surface area contributed by atoms with Crippen LogP contribution in [0.25, 0.3) is 0 Å². The van der Waals surface area contributed by atoms with Crippen LogP contribution in [0.2, 0.25) is 0 Å². The monoisotopic (exact) mass is 342 g/mol. The standard InChI is InChI=1S/C16H18N6O3/c1-2-11(16-12(3-1)24-8-9-25-16)13-10-21(6-7-23-13)15-5-4-14-17-19-20-22(14)18-15/h1-5,13,19-20H,6-10H2. The number of ether oxygens (including phenoxy) is 3. The summed E-state index contributed by atoms with van der Waals surface area (Å²) in [6.07, 6.45) is 3.79. The van der Waals surface area contributed by atoms with E-state index >= 15 is 0 Å². The minimum Gasteiger partial charge on any atom is -0.486 e. The van der Waals surface area contributed by atoms with Gasteiger partial charge < -0.3 is 19.1 Å². The van der Waals surface area contributed by atoms with Crippen molar-refractivity contribution in [3.8, 4) is 11.5 Å². The molecule has 5 rings (SSSR count). The summed E-state index contributed by atoms with van der Waals surface area (Å²) in [5.41, 5.74) is 6.57. The molecular formula is C16H18N6O3. The lowest BCUT2D eigenvalue weighted by molar-refractivity contribution is -0.00941. The summed E-state index contributed by atoms with van der Waals surface area (Å²) in [6, 6.07) is 5.95. The van der Waals surface area contributed by atoms with Crippen LogP contribution in [0.1, 0.15) is 11.7 Å². The van der Waals surface area contributed by atoms with Crippen molar-refractivity contribution in [2.24, 2.45) is 10.2 Å². The Labute approximate surface area is 144 Å². The first-order valence-corrected chi connectivity index (χ1v) is 8.29. The van der Waals surface area contributed by atoms with E-state index in [4.69, 9.17) is 14.2 Å². The number of para-hydroxylation sites is 1. The van der Waals surface area contributed by atoms with Crippen LogP contribution in [-0.2, 0) is 4.74 Å². The average Bonchev–Trinajstić information content (AvgIpc) is 3.15. The molecule has 4 heterocycles. The fraction of sp³-hybridized carbons (Fsp3) is 0.375. The lowest BCUT2D eigenvalue weighted by Crippen LogP contribution is -2.46. The van der Waals surface area contributed by atoms with Crippen molar-refractivity contribution in [2.45, 2.75) is 6.10 Å². The third kappa shape index (κ3) is 2.57. The predicted molar refractivity (Wildman–Crippen MR) is 89.8 cm³/mol. The largest absolute Gasteiger partial charge is 0.486 e. The van der Waals surface area contributed by atoms with E-state index in [1.165, 1.54) is 0 Å². The first-order valence-electron chi connectivity index (χ1n) is 8.29. The second-order valence-corrected chi connectivity index (χ2v) is 5.97. The number of rotatable bonds is 1. The van der Waals surface area contributed by atoms with Crippen LogP contribution in [0, 0.1) is 0 Å². The molecule has 0 aromatic heterocycles. The molecule has 130 valence electrons. The van der Waals surface area contributed by atoms with Gasteiger partial charge in [0, 0.05) is 12.1 Å². The van der Waals surface area contributed by atoms with Gasteiger partial charge in [0.15, 0.2) is 23.2 Å². The highest BCUT2D eigenvalue weighted by molar-refractivity contribution is 6.05. The molecule has 0 aliphatic carbocycles. The summed E-state index contributed by atoms with van der Waals surface area (Å²) in [4.78, 5) is 2.20. The Morgan fingerprint density at radius 1 is 1.08 bits per heavy atom. The molecule has 0 bridgehead atoms. The maximum absolute atomic E-state index is 6.02. The molecule has 4 aliphatic rings. The highest BCUT2D eigenvalue weighted by Gasteiger charge is 2.30. The van der Waals surface area contributed by atoms with Crippen molar-refractivity contribution in [1.29, 1.82) is 0 Å². The molecule has 1 saturated heterocycles. The van der Waals surface area contributed by atoms with Crippen molar-refractivity contribution in [3.63, 3.8) is 0 Å². The third-order valence-electron chi connectivity index (χ3n) is 4.46. The molecule has 4 aliphatic heterocycles. The number of fused-ring (bicyclic) bond motifs is 2. The molecule has 1 aromatic rings. The van der Waals surface area contributed by atoms with Gasteiger partial charge in [-0.15, -0.1) is 15.7 Å². The Kier molecular flexibility index (Phi) is 3.46. The molecule has 9 nitrogen and oxygen atoms in total. The molecule has 0 radical (unpaired) electrons. The van der Waals surface area contributed by atoms with Gasteiger partial charge in [0.1, 0.15) is 19.3 Å². The lowest BCUT2D eigenvalue weighted by Gasteiger charge is -2.36. The van der Waals surface area contributed by atoms with Gasteiger partial charge in [-0.2, -0.15) is 5.12 Å². The highest BCUT2D eigenvalue weighted by atomic mass is 16.6. The minimum absolute atomic E-state index is 0.0961. The zero-order valence-corrected chi connectivity index (χ0v) is 13.5. The molecule has 1 fully saturated rings. The number of hydrazone groups is 2. The topological polar surface area (TPSA) is 83.0 Å². The summed E-state index contributed by atoms with van der Waals surface area (Å²) in [7, 11) is 0. The SMILES string of the molecule is C1=CC2=NNNN2N=C1N1CCOC(c2cccc3c2OCCO3)C1. The number of hydrogen-bond acceptors (Lipinski definition) is 9. The van der Waals surface area contributed by atoms with E-state index < -0.39 is 0 Å². The lowest BCUT2D eigenvalue weighted by atomic mass is 10.1. The molecular weight excluding hydrogens is 324 g/mol. The van der Waals surface area contributed by atoms with Crippen molar-refractivity contribution in [1.82, 2.24) is 21.1 Å². The zero-order valence-electron chi connectivity index (χ0n) is 13.5. The number of morpholine rings is 1. The highest BCUT2D eigenvalue weighted by Crippen LogP contribution is 2.39. The number of hydrogen-bond donors (Lipinski definition) is 2. The number of benzene rings is 1. The van der Waals surface area contributed by atoms with Crippen LogP contribution < -0.4 is 20.5 Å². The second kappa shape index (κ2) is 5.94. The second-order valence-electron chi connectivity index (χ2n) is 5.97. The van der Waals surface area contributed by atoms with Crippen molar-refractivity contribution in [3.05, 3.63) is 35.9 Å². The van der Waals surface area contributed by atoms with Crippen LogP contribution in [0.5, 0.6) is 11.5 Å². The summed E-state index contributed by atoms with van der Waals surface area (Å²) in [6.45, 7) is 3.23. The molecule has 9 heteroatoms. The maximum atomic E-state index is 6.02. The van der Waals surface area contributed by atoms with Crippen molar-refractivity contribution >= 4 is 11.7 Å². The maximum Gasteiger partial charge on any atom is 0.189 e. The van der Waals surface area contributed by atoms with E-state index in [-0.39, 0.29) is 6.10 Å². The molecule has 25 heavy (non-hydrogen) atoms. The van der Waals surface area contributed by atoms with Crippen molar-refractivity contribution < 1.29 is 14.2 Å². The Morgan fingerprint density at radius 3 is 3.00 bits per heavy atom. The summed E-state index contributed by atoms with van der Waals surface area (Å²) in [5.74, 6) is 3.18. The first-order chi connectivity index (χ1) is 12.4. The quantitative estimate of drug-likeness (QED) is 0.762. The van der Waals surface area contributed by atoms with Gasteiger partial charge in [-0.3, -0.25) is 0 Å². The van der Waals surface area contributed by atoms with Crippen LogP contribution in [0.15, 0.2) is 40.6 Å². The molecule has 2 N–H and O–H groups in total. The van der Waals surface area contributed by atoms with Gasteiger partial charge in [0.25, 0.3) is 0 Å². The number of nitrogens with zero attached hydrogens (tertiary/aromatic N) is 4. The number of nitrogens with one attached hydrogen (secondary N) is 2. The fourth-order valence-electron chi connectivity index (χ4n) is 3.27. The van der Waals surface area contributed by atoms with Gasteiger partial charge in [0.2, 0.25) is 0 Å². The summed E-state index contributed by atoms with van der Waals surface area (Å²) >= 11 is 0. The number of amidine groups is 2. The van der Waals surface area contributed by atoms with Gasteiger partial charge in [-0.05, 0) is 18.2 Å². The average molecular weight is 342 g/mol. The minimum atomic E-state index is -0.0961. The molecule has 0 spiro atoms. The van der Waals surface area contributed by atoms with Gasteiger partial charge in [0.05, 0.1) is 13.2 Å². The van der Waals surface area contributed by atoms with E-state index in [1.807, 2.05) is 30.4 Å². The van der Waals surface area contributed by atoms with E-state index in [9.17, 15) is 0 Å². The fourth-order valence-corrected chi connectivity index (χ4v) is 3.27. The van der Waals surface area contributed by atoms with Crippen molar-refractivity contribution in [2.75, 3.05) is 32.9 Å². The van der Waals surface area contributed by atoms with Gasteiger partial charge in [-0.25, -0.2) is 5.53 Å². The molecule has 0 saturated carbocycles. The third-order valence-corrected chi connectivity index (χ3v) is 4.46. The molecule has 1 unspecified atom stereocenters. The Bertz CT molecular complexity index is 777. The Hall–Kier alpha value is -2.78. The van der Waals surface area contributed by atoms with Gasteiger partial charge in [-0.1, -0.05) is 12.1 Å². The summed E-state index contributed by atoms with van der Waals surface area (Å²) in [5, 5.41) is 10.2. The van der Waals surface area contributed by atoms with E-state index in [2.05, 4.69) is 26.2 Å². The Balaban J connectivity index is 1.39. The molecule has 1 atom stereocenters. The zero-order chi connectivity index (χ0) is 16.6. The van der Waals surface area contributed by atoms with Gasteiger partial charge >= 0.3 is 0 Å². The smallest absolute Gasteiger partial charge is 0.189 e. The van der Waals surface area contributed by atoms with Crippen LogP contribution in [0.3, 0.4) is 0 Å². The summed E-state index contributed by atoms with van der Waals surface area (Å²) < 4.78 is 17.5. The predicted octanol–water partition coefficient (Wildman–Crippen LogP) is 0.353. The van der Waals surface area contributed by atoms with Crippen LogP contribution >= 0.6 is 0 Å². The number of hydrazine groups is 2. The van der Waals surface area contributed by atoms with E-state index in [0.29, 0.717) is 26.4 Å². The first kappa shape index (κ1) is 14.6. The van der Waals surface area contributed by atoms with E-state index in [1.54, 1.807) is 5.12 Å². The molecule has 0 amide bonds. The van der Waals surface area contributed by atoms with Crippen LogP contribution in [0.4, 0.5) is 0 Å². The van der Waals surface area contributed by atoms with E-state index in [0.717, 1.165) is 35.3 Å². The Morgan fingerprint density at radius 2 is 2.00 bits per heavy atom. The van der Waals surface area contributed by atoms with Crippen LogP contribution in [-0.4, -0.2) is 54.6 Å². The molecule has 1 aromatic carbocycles. The normalized spacial score (nSPS) is 24.4.